The van der Waals surface area contributed by atoms with Crippen molar-refractivity contribution in [3.8, 4) is 0 Å². The number of aliphatic carboxylic acids is 1. The Morgan fingerprint density at radius 1 is 1.28 bits per heavy atom. The predicted octanol–water partition coefficient (Wildman–Crippen LogP) is 2.01. The second kappa shape index (κ2) is 6.32. The number of hydrogen-bond acceptors (Lipinski definition) is 3. The first-order valence-corrected chi connectivity index (χ1v) is 5.63. The Morgan fingerprint density at radius 2 is 1.94 bits per heavy atom. The van der Waals surface area contributed by atoms with E-state index >= 15 is 0 Å². The zero-order valence-corrected chi connectivity index (χ0v) is 10.9. The van der Waals surface area contributed by atoms with E-state index in [0.29, 0.717) is 15.7 Å². The number of hydrogen-bond donors (Lipinski definition) is 4. The second-order valence-corrected chi connectivity index (χ2v) is 4.22. The van der Waals surface area contributed by atoms with Crippen molar-refractivity contribution in [1.82, 2.24) is 10.7 Å². The van der Waals surface area contributed by atoms with Gasteiger partial charge < -0.3 is 10.4 Å². The molecule has 0 heterocycles. The number of aryl methyl sites for hydroxylation is 1. The van der Waals surface area contributed by atoms with Crippen LogP contribution in [0.5, 0.6) is 0 Å². The van der Waals surface area contributed by atoms with Gasteiger partial charge in [0, 0.05) is 5.02 Å². The van der Waals surface area contributed by atoms with Crippen molar-refractivity contribution in [2.45, 2.75) is 6.92 Å². The fourth-order valence-corrected chi connectivity index (χ4v) is 1.50. The SMILES string of the molecule is Cc1cc(Cl)c(NNC(=O)NCC(=O)O)cc1Cl. The first-order valence-electron chi connectivity index (χ1n) is 4.87. The number of benzene rings is 1. The Balaban J connectivity index is 2.56. The number of carboxylic acids is 1. The van der Waals surface area contributed by atoms with Gasteiger partial charge in [-0.3, -0.25) is 15.6 Å². The molecule has 1 aromatic rings. The minimum absolute atomic E-state index is 0.385. The number of anilines is 1. The summed E-state index contributed by atoms with van der Waals surface area (Å²) in [5, 5.41) is 11.3. The summed E-state index contributed by atoms with van der Waals surface area (Å²) in [6, 6.07) is 2.50. The van der Waals surface area contributed by atoms with E-state index in [1.165, 1.54) is 0 Å². The van der Waals surface area contributed by atoms with Crippen molar-refractivity contribution in [2.24, 2.45) is 0 Å². The molecule has 18 heavy (non-hydrogen) atoms. The molecule has 0 saturated carbocycles. The van der Waals surface area contributed by atoms with Crippen LogP contribution in [0.1, 0.15) is 5.56 Å². The molecular formula is C10H11Cl2N3O3. The topological polar surface area (TPSA) is 90.5 Å². The number of carboxylic acid groups (broad SMARTS) is 1. The van der Waals surface area contributed by atoms with Crippen molar-refractivity contribution in [3.05, 3.63) is 27.7 Å². The Labute approximate surface area is 113 Å². The summed E-state index contributed by atoms with van der Waals surface area (Å²) in [6.07, 6.45) is 0. The van der Waals surface area contributed by atoms with E-state index in [2.05, 4.69) is 16.2 Å². The van der Waals surface area contributed by atoms with Gasteiger partial charge in [0.2, 0.25) is 0 Å². The van der Waals surface area contributed by atoms with Gasteiger partial charge in [0.05, 0.1) is 10.7 Å². The molecule has 98 valence electrons. The van der Waals surface area contributed by atoms with Gasteiger partial charge in [-0.25, -0.2) is 4.79 Å². The lowest BCUT2D eigenvalue weighted by molar-refractivity contribution is -0.135. The number of rotatable bonds is 4. The third-order valence-electron chi connectivity index (χ3n) is 1.96. The number of urea groups is 1. The first-order chi connectivity index (χ1) is 8.40. The molecule has 0 spiro atoms. The van der Waals surface area contributed by atoms with E-state index in [-0.39, 0.29) is 0 Å². The van der Waals surface area contributed by atoms with Gasteiger partial charge >= 0.3 is 12.0 Å². The molecule has 0 aliphatic carbocycles. The summed E-state index contributed by atoms with van der Waals surface area (Å²) >= 11 is 11.8. The second-order valence-electron chi connectivity index (χ2n) is 3.41. The van der Waals surface area contributed by atoms with Crippen molar-refractivity contribution in [3.63, 3.8) is 0 Å². The van der Waals surface area contributed by atoms with Gasteiger partial charge in [0.15, 0.2) is 0 Å². The highest BCUT2D eigenvalue weighted by atomic mass is 35.5. The third kappa shape index (κ3) is 4.31. The molecule has 2 amide bonds. The van der Waals surface area contributed by atoms with Gasteiger partial charge in [-0.1, -0.05) is 23.2 Å². The maximum absolute atomic E-state index is 11.2. The largest absolute Gasteiger partial charge is 0.480 e. The van der Waals surface area contributed by atoms with Crippen LogP contribution < -0.4 is 16.2 Å². The molecule has 1 rings (SSSR count). The first kappa shape index (κ1) is 14.4. The Bertz CT molecular complexity index is 480. The fourth-order valence-electron chi connectivity index (χ4n) is 1.07. The summed E-state index contributed by atoms with van der Waals surface area (Å²) in [5.74, 6) is -1.14. The van der Waals surface area contributed by atoms with Crippen molar-refractivity contribution in [1.29, 1.82) is 0 Å². The molecule has 0 aromatic heterocycles. The summed E-state index contributed by atoms with van der Waals surface area (Å²) in [7, 11) is 0. The van der Waals surface area contributed by atoms with Crippen LogP contribution in [0.2, 0.25) is 10.0 Å². The molecule has 0 bridgehead atoms. The van der Waals surface area contributed by atoms with E-state index < -0.39 is 18.5 Å². The number of carbonyl (C=O) groups is 2. The van der Waals surface area contributed by atoms with Crippen molar-refractivity contribution >= 4 is 40.9 Å². The Hall–Kier alpha value is -1.66. The molecule has 4 N–H and O–H groups in total. The van der Waals surface area contributed by atoms with Crippen LogP contribution in [-0.4, -0.2) is 23.7 Å². The van der Waals surface area contributed by atoms with E-state index in [4.69, 9.17) is 28.3 Å². The Kier molecular flexibility index (Phi) is 5.06. The van der Waals surface area contributed by atoms with Gasteiger partial charge in [-0.15, -0.1) is 0 Å². The van der Waals surface area contributed by atoms with E-state index in [9.17, 15) is 9.59 Å². The zero-order chi connectivity index (χ0) is 13.7. The lowest BCUT2D eigenvalue weighted by atomic mass is 10.2. The lowest BCUT2D eigenvalue weighted by Gasteiger charge is -2.11. The van der Waals surface area contributed by atoms with Crippen LogP contribution in [0.4, 0.5) is 10.5 Å². The maximum atomic E-state index is 11.2. The van der Waals surface area contributed by atoms with Crippen LogP contribution in [-0.2, 0) is 4.79 Å². The normalized spacial score (nSPS) is 9.72. The van der Waals surface area contributed by atoms with Crippen LogP contribution in [0, 0.1) is 6.92 Å². The average Bonchev–Trinajstić information content (AvgIpc) is 2.29. The van der Waals surface area contributed by atoms with Crippen molar-refractivity contribution < 1.29 is 14.7 Å². The summed E-state index contributed by atoms with van der Waals surface area (Å²) in [4.78, 5) is 21.4. The molecule has 0 unspecified atom stereocenters. The Morgan fingerprint density at radius 3 is 2.56 bits per heavy atom. The van der Waals surface area contributed by atoms with Crippen LogP contribution in [0.25, 0.3) is 0 Å². The van der Waals surface area contributed by atoms with Crippen LogP contribution in [0.15, 0.2) is 12.1 Å². The number of nitrogens with one attached hydrogen (secondary N) is 3. The van der Waals surface area contributed by atoms with Crippen molar-refractivity contribution in [2.75, 3.05) is 12.0 Å². The highest BCUT2D eigenvalue weighted by molar-refractivity contribution is 6.35. The highest BCUT2D eigenvalue weighted by Gasteiger charge is 2.06. The van der Waals surface area contributed by atoms with E-state index in [0.717, 1.165) is 5.56 Å². The number of hydrazine groups is 1. The third-order valence-corrected chi connectivity index (χ3v) is 2.68. The molecular weight excluding hydrogens is 281 g/mol. The lowest BCUT2D eigenvalue weighted by Crippen LogP contribution is -2.41. The average molecular weight is 292 g/mol. The van der Waals surface area contributed by atoms with Crippen LogP contribution >= 0.6 is 23.2 Å². The number of halogens is 2. The van der Waals surface area contributed by atoms with Gasteiger partial charge in [-0.05, 0) is 24.6 Å². The summed E-state index contributed by atoms with van der Waals surface area (Å²) in [5.41, 5.74) is 5.99. The molecule has 1 aromatic carbocycles. The molecule has 0 fully saturated rings. The highest BCUT2D eigenvalue weighted by Crippen LogP contribution is 2.28. The van der Waals surface area contributed by atoms with Gasteiger partial charge in [0.1, 0.15) is 6.54 Å². The van der Waals surface area contributed by atoms with Gasteiger partial charge in [-0.2, -0.15) is 0 Å². The zero-order valence-electron chi connectivity index (χ0n) is 9.38. The quantitative estimate of drug-likeness (QED) is 0.639. The molecule has 8 heteroatoms. The molecule has 0 saturated heterocycles. The predicted molar refractivity (Wildman–Crippen MR) is 69.0 cm³/mol. The van der Waals surface area contributed by atoms with E-state index in [1.807, 2.05) is 0 Å². The standard InChI is InChI=1S/C10H11Cl2N3O3/c1-5-2-7(12)8(3-6(5)11)14-15-10(18)13-4-9(16)17/h2-3,14H,4H2,1H3,(H,16,17)(H2,13,15,18). The van der Waals surface area contributed by atoms with E-state index in [1.54, 1.807) is 19.1 Å². The molecule has 6 nitrogen and oxygen atoms in total. The molecule has 0 aliphatic heterocycles. The smallest absolute Gasteiger partial charge is 0.333 e. The maximum Gasteiger partial charge on any atom is 0.333 e. The number of amides is 2. The van der Waals surface area contributed by atoms with Crippen LogP contribution in [0.3, 0.4) is 0 Å². The molecule has 0 radical (unpaired) electrons. The monoisotopic (exact) mass is 291 g/mol. The number of carbonyl (C=O) groups excluding carboxylic acids is 1. The molecule has 0 atom stereocenters. The summed E-state index contributed by atoms with van der Waals surface area (Å²) in [6.45, 7) is 1.32. The minimum atomic E-state index is -1.14. The molecule has 0 aliphatic rings. The minimum Gasteiger partial charge on any atom is -0.480 e. The summed E-state index contributed by atoms with van der Waals surface area (Å²) < 4.78 is 0. The van der Waals surface area contributed by atoms with Gasteiger partial charge in [0.25, 0.3) is 0 Å². The fraction of sp³-hybridized carbons (Fsp3) is 0.200.